The maximum atomic E-state index is 6.38. The Morgan fingerprint density at radius 2 is 0.795 bits per heavy atom. The van der Waals surface area contributed by atoms with Crippen LogP contribution in [0.25, 0.3) is 0 Å². The number of hydrogen-bond acceptors (Lipinski definition) is 4. The summed E-state index contributed by atoms with van der Waals surface area (Å²) in [5, 5.41) is 0. The Bertz CT molecular complexity index is 780. The highest BCUT2D eigenvalue weighted by Gasteiger charge is 2.39. The molecular formula is C38H76N2O2Si2. The van der Waals surface area contributed by atoms with Crippen LogP contribution in [0.1, 0.15) is 120 Å². The van der Waals surface area contributed by atoms with Gasteiger partial charge in [-0.3, -0.25) is 9.98 Å². The van der Waals surface area contributed by atoms with Crippen LogP contribution in [-0.4, -0.2) is 53.4 Å². The van der Waals surface area contributed by atoms with Crippen LogP contribution in [0.2, 0.25) is 39.3 Å². The van der Waals surface area contributed by atoms with Gasteiger partial charge in [0.25, 0.3) is 0 Å². The van der Waals surface area contributed by atoms with Crippen molar-refractivity contribution in [3.05, 3.63) is 0 Å². The Hall–Kier alpha value is -0.306. The van der Waals surface area contributed by atoms with Crippen molar-refractivity contribution >= 4 is 28.1 Å². The summed E-state index contributed by atoms with van der Waals surface area (Å²) < 4.78 is 12.8. The van der Waals surface area contributed by atoms with Crippen molar-refractivity contribution in [3.63, 3.8) is 0 Å². The van der Waals surface area contributed by atoms with E-state index in [1.807, 2.05) is 0 Å². The van der Waals surface area contributed by atoms with E-state index in [0.29, 0.717) is 59.4 Å². The van der Waals surface area contributed by atoms with Crippen molar-refractivity contribution in [2.45, 2.75) is 171 Å². The van der Waals surface area contributed by atoms with E-state index in [9.17, 15) is 0 Å². The van der Waals surface area contributed by atoms with Crippen molar-refractivity contribution in [3.8, 4) is 0 Å². The quantitative estimate of drug-likeness (QED) is 0.0894. The molecule has 258 valence electrons. The van der Waals surface area contributed by atoms with Crippen LogP contribution in [-0.2, 0) is 8.85 Å². The molecule has 44 heavy (non-hydrogen) atoms. The van der Waals surface area contributed by atoms with Gasteiger partial charge in [-0.25, -0.2) is 0 Å². The molecule has 2 saturated carbocycles. The summed E-state index contributed by atoms with van der Waals surface area (Å²) in [5.74, 6) is 5.24. The van der Waals surface area contributed by atoms with Crippen LogP contribution in [0.4, 0.5) is 0 Å². The van der Waals surface area contributed by atoms with Crippen LogP contribution in [0.15, 0.2) is 9.98 Å². The van der Waals surface area contributed by atoms with Gasteiger partial charge in [-0.05, 0) is 138 Å². The second-order valence-corrected chi connectivity index (χ2v) is 26.8. The predicted octanol–water partition coefficient (Wildman–Crippen LogP) is 11.3. The molecule has 0 aliphatic heterocycles. The van der Waals surface area contributed by atoms with Gasteiger partial charge in [0.05, 0.1) is 23.5 Å². The third kappa shape index (κ3) is 13.4. The number of hydrogen-bond donors (Lipinski definition) is 0. The van der Waals surface area contributed by atoms with Crippen LogP contribution < -0.4 is 0 Å². The van der Waals surface area contributed by atoms with Crippen molar-refractivity contribution < 1.29 is 8.85 Å². The van der Waals surface area contributed by atoms with Gasteiger partial charge < -0.3 is 8.85 Å². The van der Waals surface area contributed by atoms with E-state index in [0.717, 1.165) is 38.9 Å². The molecule has 0 saturated heterocycles. The molecule has 0 spiro atoms. The fraction of sp³-hybridized carbons (Fsp3) is 0.947. The maximum Gasteiger partial charge on any atom is 0.183 e. The molecule has 2 aliphatic rings. The van der Waals surface area contributed by atoms with E-state index in [1.165, 1.54) is 49.9 Å². The van der Waals surface area contributed by atoms with Gasteiger partial charge in [-0.2, -0.15) is 0 Å². The fourth-order valence-electron chi connectivity index (χ4n) is 7.95. The first-order chi connectivity index (χ1) is 20.4. The number of nitrogens with zero attached hydrogens (tertiary/aromatic N) is 2. The Balaban J connectivity index is 2.64. The van der Waals surface area contributed by atoms with Gasteiger partial charge in [-0.1, -0.05) is 68.2 Å². The smallest absolute Gasteiger partial charge is 0.183 e. The highest BCUT2D eigenvalue weighted by atomic mass is 28.4. The third-order valence-corrected chi connectivity index (χ3v) is 12.6. The average molecular weight is 649 g/mol. The highest BCUT2D eigenvalue weighted by Crippen LogP contribution is 2.42. The minimum absolute atomic E-state index is 0.397. The molecule has 0 aromatic carbocycles. The van der Waals surface area contributed by atoms with E-state index >= 15 is 0 Å². The molecule has 2 aliphatic carbocycles. The predicted molar refractivity (Wildman–Crippen MR) is 201 cm³/mol. The molecule has 0 heterocycles. The standard InChI is InChI=1S/C38H76N2O2Si2/c1-27(2)31-19-15-20-32(28(3)4)37(31)39-35(23-17-25-41-43(9,10)11)36(24-18-26-42-44(12,13)14)40-38-33(29(5)6)21-16-22-34(38)30(7)8/h27-34,37-38H,15-26H2,1-14H3. The summed E-state index contributed by atoms with van der Waals surface area (Å²) in [6, 6.07) is 0.793. The Labute approximate surface area is 277 Å². The molecule has 2 fully saturated rings. The van der Waals surface area contributed by atoms with Crippen molar-refractivity contribution in [2.75, 3.05) is 13.2 Å². The average Bonchev–Trinajstić information content (AvgIpc) is 2.90. The molecule has 0 N–H and O–H groups in total. The lowest BCUT2D eigenvalue weighted by Gasteiger charge is -2.41. The molecule has 0 amide bonds. The monoisotopic (exact) mass is 649 g/mol. The molecule has 2 rings (SSSR count). The zero-order valence-corrected chi connectivity index (χ0v) is 34.0. The van der Waals surface area contributed by atoms with Gasteiger partial charge in [0, 0.05) is 13.2 Å². The molecular weight excluding hydrogens is 573 g/mol. The summed E-state index contributed by atoms with van der Waals surface area (Å²) >= 11 is 0. The Morgan fingerprint density at radius 3 is 1.02 bits per heavy atom. The zero-order chi connectivity index (χ0) is 33.2. The van der Waals surface area contributed by atoms with Gasteiger partial charge in [0.2, 0.25) is 0 Å². The summed E-state index contributed by atoms with van der Waals surface area (Å²) in [5.41, 5.74) is 2.63. The van der Waals surface area contributed by atoms with E-state index < -0.39 is 16.6 Å². The van der Waals surface area contributed by atoms with Gasteiger partial charge in [0.15, 0.2) is 16.6 Å². The van der Waals surface area contributed by atoms with E-state index in [1.54, 1.807) is 0 Å². The zero-order valence-electron chi connectivity index (χ0n) is 32.0. The lowest BCUT2D eigenvalue weighted by atomic mass is 9.68. The Morgan fingerprint density at radius 1 is 0.523 bits per heavy atom. The van der Waals surface area contributed by atoms with Crippen LogP contribution >= 0.6 is 0 Å². The lowest BCUT2D eigenvalue weighted by Crippen LogP contribution is -2.40. The molecule has 4 atom stereocenters. The first-order valence-electron chi connectivity index (χ1n) is 18.8. The third-order valence-electron chi connectivity index (χ3n) is 10.5. The fourth-order valence-corrected chi connectivity index (χ4v) is 9.47. The summed E-state index contributed by atoms with van der Waals surface area (Å²) in [6.07, 6.45) is 12.0. The lowest BCUT2D eigenvalue weighted by molar-refractivity contribution is 0.141. The first kappa shape index (κ1) is 39.9. The first-order valence-corrected chi connectivity index (χ1v) is 25.6. The second-order valence-electron chi connectivity index (χ2n) is 17.8. The van der Waals surface area contributed by atoms with E-state index in [4.69, 9.17) is 18.8 Å². The topological polar surface area (TPSA) is 43.2 Å². The van der Waals surface area contributed by atoms with Crippen LogP contribution in [0.3, 0.4) is 0 Å². The number of rotatable bonds is 17. The molecule has 0 aromatic heterocycles. The second kappa shape index (κ2) is 18.3. The molecule has 0 bridgehead atoms. The normalized spacial score (nSPS) is 28.1. The molecule has 4 unspecified atom stereocenters. The molecule has 0 radical (unpaired) electrons. The van der Waals surface area contributed by atoms with Crippen molar-refractivity contribution in [2.24, 2.45) is 57.3 Å². The highest BCUT2D eigenvalue weighted by molar-refractivity contribution is 6.70. The van der Waals surface area contributed by atoms with Gasteiger partial charge in [0.1, 0.15) is 0 Å². The van der Waals surface area contributed by atoms with Crippen LogP contribution in [0, 0.1) is 47.3 Å². The largest absolute Gasteiger partial charge is 0.418 e. The Kier molecular flexibility index (Phi) is 16.6. The molecule has 6 heteroatoms. The van der Waals surface area contributed by atoms with Crippen molar-refractivity contribution in [1.29, 1.82) is 0 Å². The molecule has 0 aromatic rings. The van der Waals surface area contributed by atoms with Gasteiger partial charge in [-0.15, -0.1) is 0 Å². The minimum atomic E-state index is -1.56. The van der Waals surface area contributed by atoms with Gasteiger partial charge >= 0.3 is 0 Å². The SMILES string of the molecule is CC(C)C1CCCC(C(C)C)C1N=C(CCCO[Si](C)(C)C)C(CCCO[Si](C)(C)C)=NC1C(C(C)C)CCCC1C(C)C. The molecule has 4 nitrogen and oxygen atoms in total. The number of aliphatic imine (C=N–C) groups is 2. The summed E-state index contributed by atoms with van der Waals surface area (Å²) in [4.78, 5) is 11.8. The van der Waals surface area contributed by atoms with Crippen LogP contribution in [0.5, 0.6) is 0 Å². The summed E-state index contributed by atoms with van der Waals surface area (Å²) in [6.45, 7) is 34.9. The minimum Gasteiger partial charge on any atom is -0.418 e. The maximum absolute atomic E-state index is 6.38. The van der Waals surface area contributed by atoms with Crippen molar-refractivity contribution in [1.82, 2.24) is 0 Å². The van der Waals surface area contributed by atoms with E-state index in [-0.39, 0.29) is 0 Å². The van der Waals surface area contributed by atoms with E-state index in [2.05, 4.69) is 94.7 Å². The summed E-state index contributed by atoms with van der Waals surface area (Å²) in [7, 11) is -3.11.